The van der Waals surface area contributed by atoms with Crippen LogP contribution in [0, 0.1) is 5.41 Å². The van der Waals surface area contributed by atoms with Gasteiger partial charge in [0.2, 0.25) is 11.8 Å². The molecule has 0 aromatic rings. The fraction of sp³-hybridized carbons (Fsp3) is 0.750. The molecule has 1 aliphatic carbocycles. The lowest BCUT2D eigenvalue weighted by Crippen LogP contribution is -2.56. The summed E-state index contributed by atoms with van der Waals surface area (Å²) in [6, 6.07) is 0. The van der Waals surface area contributed by atoms with Crippen molar-refractivity contribution in [2.24, 2.45) is 10.4 Å². The Hall–Kier alpha value is -1.39. The first-order valence-electron chi connectivity index (χ1n) is 5.79. The van der Waals surface area contributed by atoms with Crippen molar-refractivity contribution in [3.8, 4) is 0 Å². The third kappa shape index (κ3) is 3.28. The van der Waals surface area contributed by atoms with E-state index in [4.69, 9.17) is 0 Å². The van der Waals surface area contributed by atoms with Crippen molar-refractivity contribution in [3.05, 3.63) is 0 Å². The van der Waals surface area contributed by atoms with E-state index in [-0.39, 0.29) is 17.2 Å². The zero-order chi connectivity index (χ0) is 13.3. The van der Waals surface area contributed by atoms with E-state index in [0.29, 0.717) is 5.84 Å². The number of amides is 2. The number of hydrogen-bond donors (Lipinski definition) is 2. The molecule has 0 heterocycles. The molecular weight excluding hydrogens is 218 g/mol. The quantitative estimate of drug-likeness (QED) is 0.566. The second kappa shape index (κ2) is 4.47. The Balaban J connectivity index is 2.61. The molecule has 0 aliphatic heterocycles. The average molecular weight is 239 g/mol. The van der Waals surface area contributed by atoms with Gasteiger partial charge in [-0.3, -0.25) is 14.6 Å². The highest BCUT2D eigenvalue weighted by atomic mass is 16.2. The van der Waals surface area contributed by atoms with Crippen molar-refractivity contribution in [1.29, 1.82) is 0 Å². The number of nitrogens with zero attached hydrogens (tertiary/aromatic N) is 1. The largest absolute Gasteiger partial charge is 0.342 e. The molecule has 5 nitrogen and oxygen atoms in total. The summed E-state index contributed by atoms with van der Waals surface area (Å²) < 4.78 is 0. The standard InChI is InChI=1S/C12H21N3O2/c1-8(13-5)14-9(16)11(2,3)15-10(17)12(4)6-7-12/h6-7H2,1-5H3,(H,15,17)(H,13,14,16). The molecule has 17 heavy (non-hydrogen) atoms. The first-order chi connectivity index (χ1) is 7.71. The number of hydrogen-bond acceptors (Lipinski definition) is 3. The Kier molecular flexibility index (Phi) is 3.59. The monoisotopic (exact) mass is 239 g/mol. The molecule has 2 N–H and O–H groups in total. The summed E-state index contributed by atoms with van der Waals surface area (Å²) in [4.78, 5) is 27.6. The summed E-state index contributed by atoms with van der Waals surface area (Å²) in [5.41, 5.74) is -1.19. The van der Waals surface area contributed by atoms with Gasteiger partial charge in [-0.25, -0.2) is 0 Å². The lowest BCUT2D eigenvalue weighted by atomic mass is 10.0. The van der Waals surface area contributed by atoms with Gasteiger partial charge in [0, 0.05) is 12.5 Å². The van der Waals surface area contributed by atoms with Crippen LogP contribution in [0.1, 0.15) is 40.5 Å². The molecule has 96 valence electrons. The van der Waals surface area contributed by atoms with Gasteiger partial charge in [-0.1, -0.05) is 6.92 Å². The first-order valence-corrected chi connectivity index (χ1v) is 5.79. The summed E-state index contributed by atoms with van der Waals surface area (Å²) in [5, 5.41) is 5.43. The van der Waals surface area contributed by atoms with Crippen molar-refractivity contribution < 1.29 is 9.59 Å². The molecule has 0 aromatic carbocycles. The third-order valence-electron chi connectivity index (χ3n) is 3.17. The number of rotatable bonds is 3. The van der Waals surface area contributed by atoms with Gasteiger partial charge in [-0.2, -0.15) is 0 Å². The lowest BCUT2D eigenvalue weighted by Gasteiger charge is -2.26. The van der Waals surface area contributed by atoms with Gasteiger partial charge in [0.15, 0.2) is 0 Å². The number of amidine groups is 1. The van der Waals surface area contributed by atoms with E-state index in [9.17, 15) is 9.59 Å². The molecule has 1 fully saturated rings. The van der Waals surface area contributed by atoms with Crippen LogP contribution in [0.5, 0.6) is 0 Å². The molecule has 0 aromatic heterocycles. The number of aliphatic imine (C=N–C) groups is 1. The molecule has 1 saturated carbocycles. The fourth-order valence-electron chi connectivity index (χ4n) is 1.28. The van der Waals surface area contributed by atoms with Gasteiger partial charge in [0.25, 0.3) is 0 Å². The number of nitrogens with one attached hydrogen (secondary N) is 2. The topological polar surface area (TPSA) is 70.6 Å². The predicted molar refractivity (Wildman–Crippen MR) is 66.7 cm³/mol. The number of carbonyl (C=O) groups excluding carboxylic acids is 2. The fourth-order valence-corrected chi connectivity index (χ4v) is 1.28. The summed E-state index contributed by atoms with van der Waals surface area (Å²) in [7, 11) is 1.60. The zero-order valence-corrected chi connectivity index (χ0v) is 11.2. The first kappa shape index (κ1) is 13.7. The van der Waals surface area contributed by atoms with Gasteiger partial charge < -0.3 is 10.6 Å². The van der Waals surface area contributed by atoms with Crippen molar-refractivity contribution in [1.82, 2.24) is 10.6 Å². The van der Waals surface area contributed by atoms with Crippen LogP contribution < -0.4 is 10.6 Å². The second-order valence-electron chi connectivity index (χ2n) is 5.40. The van der Waals surface area contributed by atoms with Gasteiger partial charge >= 0.3 is 0 Å². The van der Waals surface area contributed by atoms with Crippen LogP contribution in [-0.2, 0) is 9.59 Å². The van der Waals surface area contributed by atoms with Gasteiger partial charge in [0.05, 0.1) is 5.84 Å². The lowest BCUT2D eigenvalue weighted by molar-refractivity contribution is -0.133. The minimum absolute atomic E-state index is 0.0521. The molecule has 5 heteroatoms. The van der Waals surface area contributed by atoms with E-state index in [2.05, 4.69) is 15.6 Å². The third-order valence-corrected chi connectivity index (χ3v) is 3.17. The van der Waals surface area contributed by atoms with Crippen molar-refractivity contribution in [2.75, 3.05) is 7.05 Å². The van der Waals surface area contributed by atoms with Crippen LogP contribution in [-0.4, -0.2) is 30.2 Å². The van der Waals surface area contributed by atoms with Gasteiger partial charge in [-0.15, -0.1) is 0 Å². The Morgan fingerprint density at radius 3 is 2.24 bits per heavy atom. The van der Waals surface area contributed by atoms with E-state index in [0.717, 1.165) is 12.8 Å². The van der Waals surface area contributed by atoms with E-state index in [1.165, 1.54) is 0 Å². The van der Waals surface area contributed by atoms with Crippen molar-refractivity contribution in [3.63, 3.8) is 0 Å². The molecule has 1 rings (SSSR count). The maximum absolute atomic E-state index is 11.9. The molecule has 1 aliphatic rings. The van der Waals surface area contributed by atoms with Crippen LogP contribution in [0.4, 0.5) is 0 Å². The highest BCUT2D eigenvalue weighted by molar-refractivity contribution is 6.02. The Morgan fingerprint density at radius 1 is 1.29 bits per heavy atom. The smallest absolute Gasteiger partial charge is 0.250 e. The molecule has 0 unspecified atom stereocenters. The molecule has 0 atom stereocenters. The van der Waals surface area contributed by atoms with Crippen LogP contribution >= 0.6 is 0 Å². The summed E-state index contributed by atoms with van der Waals surface area (Å²) >= 11 is 0. The van der Waals surface area contributed by atoms with Gasteiger partial charge in [0.1, 0.15) is 5.54 Å². The molecule has 0 spiro atoms. The molecule has 0 saturated heterocycles. The zero-order valence-electron chi connectivity index (χ0n) is 11.2. The number of carbonyl (C=O) groups is 2. The van der Waals surface area contributed by atoms with Crippen molar-refractivity contribution in [2.45, 2.75) is 46.1 Å². The molecular formula is C12H21N3O2. The normalized spacial score (nSPS) is 18.5. The van der Waals surface area contributed by atoms with Crippen LogP contribution in [0.25, 0.3) is 0 Å². The minimum Gasteiger partial charge on any atom is -0.342 e. The van der Waals surface area contributed by atoms with E-state index in [1.54, 1.807) is 27.8 Å². The van der Waals surface area contributed by atoms with E-state index in [1.807, 2.05) is 6.92 Å². The summed E-state index contributed by atoms with van der Waals surface area (Å²) in [5.74, 6) is 0.233. The van der Waals surface area contributed by atoms with Crippen LogP contribution in [0.3, 0.4) is 0 Å². The summed E-state index contributed by atoms with van der Waals surface area (Å²) in [6.45, 7) is 7.00. The molecule has 0 radical (unpaired) electrons. The maximum atomic E-state index is 11.9. The van der Waals surface area contributed by atoms with E-state index < -0.39 is 5.54 Å². The predicted octanol–water partition coefficient (Wildman–Crippen LogP) is 0.846. The van der Waals surface area contributed by atoms with Crippen molar-refractivity contribution >= 4 is 17.6 Å². The highest BCUT2D eigenvalue weighted by Crippen LogP contribution is 2.45. The Morgan fingerprint density at radius 2 is 1.82 bits per heavy atom. The van der Waals surface area contributed by atoms with E-state index >= 15 is 0 Å². The minimum atomic E-state index is -0.922. The maximum Gasteiger partial charge on any atom is 0.250 e. The molecule has 0 bridgehead atoms. The summed E-state index contributed by atoms with van der Waals surface area (Å²) in [6.07, 6.45) is 1.79. The van der Waals surface area contributed by atoms with Crippen LogP contribution in [0.15, 0.2) is 4.99 Å². The van der Waals surface area contributed by atoms with Crippen LogP contribution in [0.2, 0.25) is 0 Å². The molecule has 2 amide bonds. The SMILES string of the molecule is CN=C(C)NC(=O)C(C)(C)NC(=O)C1(C)CC1. The Labute approximate surface area is 102 Å². The van der Waals surface area contributed by atoms with Gasteiger partial charge in [-0.05, 0) is 33.6 Å². The second-order valence-corrected chi connectivity index (χ2v) is 5.40. The Bertz CT molecular complexity index is 368. The highest BCUT2D eigenvalue weighted by Gasteiger charge is 2.47. The average Bonchev–Trinajstić information content (AvgIpc) is 2.97.